The van der Waals surface area contributed by atoms with E-state index in [1.54, 1.807) is 24.5 Å². The number of fused-ring (bicyclic) bond motifs is 2. The molecule has 1 amide bonds. The maximum absolute atomic E-state index is 13.5. The molecule has 0 aliphatic carbocycles. The molecule has 2 aromatic heterocycles. The second-order valence-corrected chi connectivity index (χ2v) is 7.63. The lowest BCUT2D eigenvalue weighted by atomic mass is 9.81. The molecule has 3 heterocycles. The van der Waals surface area contributed by atoms with Gasteiger partial charge in [0.25, 0.3) is 5.91 Å². The summed E-state index contributed by atoms with van der Waals surface area (Å²) in [5.74, 6) is -0.196. The number of alkyl halides is 3. The lowest BCUT2D eigenvalue weighted by Crippen LogP contribution is -2.50. The van der Waals surface area contributed by atoms with Crippen molar-refractivity contribution in [3.8, 4) is 11.5 Å². The first-order valence-corrected chi connectivity index (χ1v) is 10.2. The number of rotatable bonds is 4. The molecule has 5 rings (SSSR count). The first kappa shape index (κ1) is 20.9. The number of pyridine rings is 1. The molecule has 1 aliphatic heterocycles. The third-order valence-corrected chi connectivity index (χ3v) is 5.65. The van der Waals surface area contributed by atoms with E-state index in [2.05, 4.69) is 20.0 Å². The van der Waals surface area contributed by atoms with Gasteiger partial charge in [0.2, 0.25) is 0 Å². The number of carbonyl (C=O) groups is 1. The molecule has 0 saturated carbocycles. The molecular weight excluding hydrogens is 435 g/mol. The summed E-state index contributed by atoms with van der Waals surface area (Å²) >= 11 is 0. The number of benzene rings is 2. The van der Waals surface area contributed by atoms with Gasteiger partial charge < -0.3 is 19.8 Å². The molecule has 33 heavy (non-hydrogen) atoms. The smallest absolute Gasteiger partial charge is 0.491 e. The Morgan fingerprint density at radius 2 is 1.88 bits per heavy atom. The van der Waals surface area contributed by atoms with Crippen LogP contribution in [0.2, 0.25) is 0 Å². The largest absolute Gasteiger partial charge is 0.573 e. The van der Waals surface area contributed by atoms with E-state index in [-0.39, 0.29) is 18.3 Å². The zero-order chi connectivity index (χ0) is 23.1. The monoisotopic (exact) mass is 453 g/mol. The molecule has 0 radical (unpaired) electrons. The molecule has 4 aromatic rings. The fourth-order valence-corrected chi connectivity index (χ4v) is 4.20. The predicted octanol–water partition coefficient (Wildman–Crippen LogP) is 4.92. The summed E-state index contributed by atoms with van der Waals surface area (Å²) in [5, 5.41) is 3.86. The van der Waals surface area contributed by atoms with Crippen molar-refractivity contribution in [1.82, 2.24) is 15.3 Å². The van der Waals surface area contributed by atoms with Crippen LogP contribution in [0.25, 0.3) is 10.9 Å². The molecule has 0 spiro atoms. The molecule has 168 valence electrons. The number of aromatic nitrogens is 2. The lowest BCUT2D eigenvalue weighted by Gasteiger charge is -2.39. The van der Waals surface area contributed by atoms with Crippen LogP contribution in [0.5, 0.6) is 11.5 Å². The van der Waals surface area contributed by atoms with Crippen LogP contribution >= 0.6 is 0 Å². The van der Waals surface area contributed by atoms with Crippen LogP contribution in [-0.2, 0) is 5.54 Å². The summed E-state index contributed by atoms with van der Waals surface area (Å²) in [7, 11) is 0. The van der Waals surface area contributed by atoms with Crippen molar-refractivity contribution in [2.75, 3.05) is 6.61 Å². The molecule has 6 nitrogen and oxygen atoms in total. The van der Waals surface area contributed by atoms with E-state index >= 15 is 0 Å². The minimum Gasteiger partial charge on any atom is -0.491 e. The average molecular weight is 453 g/mol. The summed E-state index contributed by atoms with van der Waals surface area (Å²) in [4.78, 5) is 21.0. The van der Waals surface area contributed by atoms with Gasteiger partial charge in [-0.1, -0.05) is 30.3 Å². The Kier molecular flexibility index (Phi) is 4.96. The lowest BCUT2D eigenvalue weighted by molar-refractivity contribution is -0.274. The SMILES string of the molecule is O=C(N[C@]1(c2ccc(OC(F)(F)F)cc2)CCOc2cccnc21)c1c[nH]c2ccccc12. The van der Waals surface area contributed by atoms with E-state index in [4.69, 9.17) is 4.74 Å². The first-order valence-electron chi connectivity index (χ1n) is 10.2. The number of carbonyl (C=O) groups excluding carboxylic acids is 1. The number of nitrogens with zero attached hydrogens (tertiary/aromatic N) is 1. The molecular formula is C24H18F3N3O3. The molecule has 2 aromatic carbocycles. The Labute approximate surface area is 186 Å². The predicted molar refractivity (Wildman–Crippen MR) is 114 cm³/mol. The number of halogens is 3. The van der Waals surface area contributed by atoms with E-state index in [9.17, 15) is 18.0 Å². The maximum atomic E-state index is 13.5. The van der Waals surface area contributed by atoms with Crippen molar-refractivity contribution in [2.45, 2.75) is 18.3 Å². The summed E-state index contributed by atoms with van der Waals surface area (Å²) in [5.41, 5.74) is 1.20. The molecule has 0 saturated heterocycles. The zero-order valence-electron chi connectivity index (χ0n) is 17.1. The summed E-state index contributed by atoms with van der Waals surface area (Å²) < 4.78 is 47.6. The van der Waals surface area contributed by atoms with Gasteiger partial charge in [0.15, 0.2) is 0 Å². The topological polar surface area (TPSA) is 76.2 Å². The standard InChI is InChI=1S/C24H18F3N3O3/c25-24(26,27)33-16-9-7-15(8-10-16)23(11-13-32-20-6-3-12-28-21(20)23)30-22(31)18-14-29-19-5-2-1-4-17(18)19/h1-10,12,14,29H,11,13H2,(H,30,31)/t23-/m0/s1. The number of hydrogen-bond acceptors (Lipinski definition) is 4. The Morgan fingerprint density at radius 3 is 2.67 bits per heavy atom. The number of hydrogen-bond donors (Lipinski definition) is 2. The molecule has 0 fully saturated rings. The normalized spacial score (nSPS) is 17.8. The minimum atomic E-state index is -4.80. The molecule has 1 atom stereocenters. The average Bonchev–Trinajstić information content (AvgIpc) is 3.23. The van der Waals surface area contributed by atoms with Gasteiger partial charge in [-0.15, -0.1) is 13.2 Å². The number of nitrogens with one attached hydrogen (secondary N) is 2. The van der Waals surface area contributed by atoms with Gasteiger partial charge in [-0.2, -0.15) is 0 Å². The van der Waals surface area contributed by atoms with Crippen molar-refractivity contribution < 1.29 is 27.4 Å². The number of para-hydroxylation sites is 1. The summed E-state index contributed by atoms with van der Waals surface area (Å²) in [6.45, 7) is 0.285. The third-order valence-electron chi connectivity index (χ3n) is 5.65. The second-order valence-electron chi connectivity index (χ2n) is 7.63. The Hall–Kier alpha value is -4.01. The van der Waals surface area contributed by atoms with Gasteiger partial charge in [0, 0.05) is 29.7 Å². The fraction of sp³-hybridized carbons (Fsp3) is 0.167. The zero-order valence-corrected chi connectivity index (χ0v) is 17.1. The maximum Gasteiger partial charge on any atom is 0.573 e. The quantitative estimate of drug-likeness (QED) is 0.460. The first-order chi connectivity index (χ1) is 15.9. The highest BCUT2D eigenvalue weighted by molar-refractivity contribution is 6.07. The highest BCUT2D eigenvalue weighted by Gasteiger charge is 2.43. The van der Waals surface area contributed by atoms with E-state index in [0.717, 1.165) is 10.9 Å². The highest BCUT2D eigenvalue weighted by Crippen LogP contribution is 2.41. The second kappa shape index (κ2) is 7.84. The number of amides is 1. The Balaban J connectivity index is 1.58. The molecule has 0 bridgehead atoms. The molecule has 2 N–H and O–H groups in total. The molecule has 1 aliphatic rings. The third kappa shape index (κ3) is 3.86. The number of aromatic amines is 1. The Bertz CT molecular complexity index is 1320. The van der Waals surface area contributed by atoms with Gasteiger partial charge in [-0.05, 0) is 35.9 Å². The van der Waals surface area contributed by atoms with Gasteiger partial charge in [0.05, 0.1) is 12.2 Å². The number of H-pyrrole nitrogens is 1. The van der Waals surface area contributed by atoms with Gasteiger partial charge in [0.1, 0.15) is 22.7 Å². The van der Waals surface area contributed by atoms with Crippen molar-refractivity contribution in [3.05, 3.63) is 89.9 Å². The van der Waals surface area contributed by atoms with Crippen LogP contribution in [-0.4, -0.2) is 28.8 Å². The van der Waals surface area contributed by atoms with Crippen molar-refractivity contribution in [3.63, 3.8) is 0 Å². The molecule has 9 heteroatoms. The minimum absolute atomic E-state index is 0.285. The van der Waals surface area contributed by atoms with Crippen LogP contribution < -0.4 is 14.8 Å². The van der Waals surface area contributed by atoms with E-state index in [1.165, 1.54) is 24.3 Å². The fourth-order valence-electron chi connectivity index (χ4n) is 4.20. The number of ether oxygens (including phenoxy) is 2. The van der Waals surface area contributed by atoms with Gasteiger partial charge in [-0.3, -0.25) is 9.78 Å². The van der Waals surface area contributed by atoms with Crippen LogP contribution in [0.15, 0.2) is 73.1 Å². The molecule has 0 unspecified atom stereocenters. The van der Waals surface area contributed by atoms with Crippen LogP contribution in [0, 0.1) is 0 Å². The summed E-state index contributed by atoms with van der Waals surface area (Å²) in [6, 6.07) is 16.3. The van der Waals surface area contributed by atoms with Crippen molar-refractivity contribution in [1.29, 1.82) is 0 Å². The van der Waals surface area contributed by atoms with Crippen molar-refractivity contribution in [2.24, 2.45) is 0 Å². The summed E-state index contributed by atoms with van der Waals surface area (Å²) in [6.07, 6.45) is -1.24. The van der Waals surface area contributed by atoms with E-state index in [0.29, 0.717) is 29.0 Å². The highest BCUT2D eigenvalue weighted by atomic mass is 19.4. The van der Waals surface area contributed by atoms with E-state index < -0.39 is 11.9 Å². The van der Waals surface area contributed by atoms with Crippen LogP contribution in [0.1, 0.15) is 28.0 Å². The van der Waals surface area contributed by atoms with Crippen LogP contribution in [0.3, 0.4) is 0 Å². The van der Waals surface area contributed by atoms with Crippen molar-refractivity contribution >= 4 is 16.8 Å². The van der Waals surface area contributed by atoms with Gasteiger partial charge in [-0.25, -0.2) is 0 Å². The van der Waals surface area contributed by atoms with E-state index in [1.807, 2.05) is 24.3 Å². The Morgan fingerprint density at radius 1 is 1.09 bits per heavy atom. The van der Waals surface area contributed by atoms with Crippen LogP contribution in [0.4, 0.5) is 13.2 Å². The van der Waals surface area contributed by atoms with Gasteiger partial charge >= 0.3 is 6.36 Å².